The highest BCUT2D eigenvalue weighted by Crippen LogP contribution is 2.11. The van der Waals surface area contributed by atoms with Gasteiger partial charge in [-0.15, -0.1) is 0 Å². The molecule has 0 aromatic rings. The molecule has 0 saturated heterocycles. The monoisotopic (exact) mass is 266 g/mol. The maximum atomic E-state index is 4.21. The summed E-state index contributed by atoms with van der Waals surface area (Å²) in [5, 5.41) is 0. The second-order valence-corrected chi connectivity index (χ2v) is 6.01. The van der Waals surface area contributed by atoms with E-state index in [0.717, 1.165) is 11.5 Å². The predicted octanol–water partition coefficient (Wildman–Crippen LogP) is 4.70. The summed E-state index contributed by atoms with van der Waals surface area (Å²) in [6.07, 6.45) is 11.0. The molecule has 0 aliphatic rings. The van der Waals surface area contributed by atoms with Crippen molar-refractivity contribution in [1.29, 1.82) is 0 Å². The number of thioether (sulfide) groups is 1. The quantitative estimate of drug-likeness (QED) is 0.381. The smallest absolute Gasteiger partial charge is 0.00598 e. The highest BCUT2D eigenvalue weighted by atomic mass is 32.2. The fourth-order valence-electron chi connectivity index (χ4n) is 1.47. The van der Waals surface area contributed by atoms with Crippen molar-refractivity contribution in [3.05, 3.63) is 0 Å². The van der Waals surface area contributed by atoms with E-state index in [1.54, 1.807) is 0 Å². The Labute approximate surface area is 111 Å². The van der Waals surface area contributed by atoms with E-state index in [1.807, 2.05) is 0 Å². The van der Waals surface area contributed by atoms with Crippen molar-refractivity contribution in [3.63, 3.8) is 0 Å². The molecule has 3 heteroatoms. The lowest BCUT2D eigenvalue weighted by Crippen LogP contribution is -1.86. The first-order valence-electron chi connectivity index (χ1n) is 6.21. The Bertz CT molecular complexity index is 95.0. The zero-order valence-corrected chi connectivity index (χ0v) is 12.4. The van der Waals surface area contributed by atoms with Crippen molar-refractivity contribution in [2.45, 2.75) is 51.4 Å². The van der Waals surface area contributed by atoms with Crippen molar-refractivity contribution < 1.29 is 0 Å². The molecule has 0 atom stereocenters. The van der Waals surface area contributed by atoms with Gasteiger partial charge in [0.2, 0.25) is 0 Å². The highest BCUT2D eigenvalue weighted by molar-refractivity contribution is 7.99. The Morgan fingerprint density at radius 1 is 0.533 bits per heavy atom. The van der Waals surface area contributed by atoms with Gasteiger partial charge < -0.3 is 0 Å². The molecule has 0 amide bonds. The molecule has 0 saturated carbocycles. The minimum atomic E-state index is 1.04. The third-order valence-corrected chi connectivity index (χ3v) is 4.18. The Kier molecular flexibility index (Phi) is 16.1. The molecule has 0 aliphatic heterocycles. The zero-order chi connectivity index (χ0) is 11.2. The van der Waals surface area contributed by atoms with Crippen LogP contribution < -0.4 is 0 Å². The van der Waals surface area contributed by atoms with Gasteiger partial charge in [-0.05, 0) is 42.3 Å². The van der Waals surface area contributed by atoms with Crippen LogP contribution in [0.25, 0.3) is 0 Å². The number of thiol groups is 2. The summed E-state index contributed by atoms with van der Waals surface area (Å²) in [6, 6.07) is 0. The van der Waals surface area contributed by atoms with Crippen LogP contribution in [0.15, 0.2) is 0 Å². The second kappa shape index (κ2) is 15.0. The van der Waals surface area contributed by atoms with Crippen molar-refractivity contribution in [3.8, 4) is 0 Å². The fraction of sp³-hybridized carbons (Fsp3) is 1.00. The number of rotatable bonds is 12. The molecule has 0 radical (unpaired) electrons. The molecule has 15 heavy (non-hydrogen) atoms. The molecule has 0 rings (SSSR count). The molecule has 0 bridgehead atoms. The molecular formula is C12H26S3. The molecule has 0 fully saturated rings. The predicted molar refractivity (Wildman–Crippen MR) is 82.0 cm³/mol. The van der Waals surface area contributed by atoms with E-state index in [0.29, 0.717) is 0 Å². The molecular weight excluding hydrogens is 240 g/mol. The average Bonchev–Trinajstić information content (AvgIpc) is 2.26. The third-order valence-electron chi connectivity index (χ3n) is 2.39. The van der Waals surface area contributed by atoms with Crippen LogP contribution in [0.5, 0.6) is 0 Å². The van der Waals surface area contributed by atoms with Gasteiger partial charge in [0.15, 0.2) is 0 Å². The van der Waals surface area contributed by atoms with Gasteiger partial charge in [-0.1, -0.05) is 32.1 Å². The maximum absolute atomic E-state index is 4.21. The Balaban J connectivity index is 2.81. The summed E-state index contributed by atoms with van der Waals surface area (Å²) < 4.78 is 0. The van der Waals surface area contributed by atoms with E-state index in [2.05, 4.69) is 37.0 Å². The molecule has 0 N–H and O–H groups in total. The molecule has 0 aliphatic carbocycles. The van der Waals surface area contributed by atoms with E-state index in [4.69, 9.17) is 0 Å². The van der Waals surface area contributed by atoms with E-state index in [-0.39, 0.29) is 0 Å². The normalized spacial score (nSPS) is 10.8. The third kappa shape index (κ3) is 15.1. The molecule has 0 aromatic carbocycles. The van der Waals surface area contributed by atoms with Gasteiger partial charge in [0.1, 0.15) is 0 Å². The maximum Gasteiger partial charge on any atom is -0.00598 e. The molecule has 0 heterocycles. The van der Waals surface area contributed by atoms with Gasteiger partial charge in [0.05, 0.1) is 0 Å². The summed E-state index contributed by atoms with van der Waals surface area (Å²) in [5.74, 6) is 4.75. The van der Waals surface area contributed by atoms with E-state index < -0.39 is 0 Å². The molecule has 92 valence electrons. The van der Waals surface area contributed by atoms with E-state index in [9.17, 15) is 0 Å². The SMILES string of the molecule is SCCCCCCCCCSCCCS. The summed E-state index contributed by atoms with van der Waals surface area (Å²) in [5.41, 5.74) is 0. The highest BCUT2D eigenvalue weighted by Gasteiger charge is 1.92. The van der Waals surface area contributed by atoms with Gasteiger partial charge in [-0.3, -0.25) is 0 Å². The summed E-state index contributed by atoms with van der Waals surface area (Å²) in [7, 11) is 0. The van der Waals surface area contributed by atoms with Crippen LogP contribution in [0.3, 0.4) is 0 Å². The van der Waals surface area contributed by atoms with Crippen LogP contribution in [0.4, 0.5) is 0 Å². The van der Waals surface area contributed by atoms with Gasteiger partial charge in [-0.2, -0.15) is 37.0 Å². The van der Waals surface area contributed by atoms with E-state index in [1.165, 1.54) is 62.9 Å². The zero-order valence-electron chi connectivity index (χ0n) is 9.79. The number of unbranched alkanes of at least 4 members (excludes halogenated alkanes) is 6. The first-order chi connectivity index (χ1) is 7.41. The van der Waals surface area contributed by atoms with Crippen molar-refractivity contribution in [2.24, 2.45) is 0 Å². The van der Waals surface area contributed by atoms with Crippen LogP contribution in [0.2, 0.25) is 0 Å². The minimum Gasteiger partial charge on any atom is -0.179 e. The van der Waals surface area contributed by atoms with Crippen molar-refractivity contribution in [1.82, 2.24) is 0 Å². The molecule has 0 nitrogen and oxygen atoms in total. The molecule has 0 aromatic heterocycles. The van der Waals surface area contributed by atoms with Crippen molar-refractivity contribution in [2.75, 3.05) is 23.0 Å². The van der Waals surface area contributed by atoms with Crippen LogP contribution in [0.1, 0.15) is 51.4 Å². The van der Waals surface area contributed by atoms with Crippen molar-refractivity contribution >= 4 is 37.0 Å². The first kappa shape index (κ1) is 16.1. The second-order valence-electron chi connectivity index (χ2n) is 3.89. The Hall–Kier alpha value is 1.05. The lowest BCUT2D eigenvalue weighted by molar-refractivity contribution is 0.605. The lowest BCUT2D eigenvalue weighted by Gasteiger charge is -2.01. The molecule has 0 spiro atoms. The van der Waals surface area contributed by atoms with Crippen LogP contribution >= 0.6 is 37.0 Å². The van der Waals surface area contributed by atoms with Gasteiger partial charge in [0.25, 0.3) is 0 Å². The van der Waals surface area contributed by atoms with Gasteiger partial charge >= 0.3 is 0 Å². The van der Waals surface area contributed by atoms with Crippen LogP contribution in [0, 0.1) is 0 Å². The van der Waals surface area contributed by atoms with E-state index >= 15 is 0 Å². The van der Waals surface area contributed by atoms with Crippen LogP contribution in [-0.4, -0.2) is 23.0 Å². The molecule has 0 unspecified atom stereocenters. The standard InChI is InChI=1S/C12H26S3/c13-9-6-4-2-1-3-5-7-11-15-12-8-10-14/h13-14H,1-12H2. The topological polar surface area (TPSA) is 0 Å². The summed E-state index contributed by atoms with van der Waals surface area (Å²) >= 11 is 10.5. The average molecular weight is 267 g/mol. The van der Waals surface area contributed by atoms with Gasteiger partial charge in [-0.25, -0.2) is 0 Å². The Morgan fingerprint density at radius 2 is 1.00 bits per heavy atom. The lowest BCUT2D eigenvalue weighted by atomic mass is 10.1. The van der Waals surface area contributed by atoms with Gasteiger partial charge in [0, 0.05) is 0 Å². The summed E-state index contributed by atoms with van der Waals surface area (Å²) in [4.78, 5) is 0. The number of hydrogen-bond donors (Lipinski definition) is 2. The number of hydrogen-bond acceptors (Lipinski definition) is 3. The first-order valence-corrected chi connectivity index (χ1v) is 8.63. The minimum absolute atomic E-state index is 1.04. The fourth-order valence-corrected chi connectivity index (χ4v) is 3.02. The largest absolute Gasteiger partial charge is 0.179 e. The van der Waals surface area contributed by atoms with Crippen LogP contribution in [-0.2, 0) is 0 Å². The Morgan fingerprint density at radius 3 is 1.60 bits per heavy atom. The summed E-state index contributed by atoms with van der Waals surface area (Å²) in [6.45, 7) is 0.